The van der Waals surface area contributed by atoms with E-state index >= 15 is 0 Å². The largest absolute Gasteiger partial charge is 0.274 e. The van der Waals surface area contributed by atoms with Gasteiger partial charge in [0.25, 0.3) is 0 Å². The minimum absolute atomic E-state index is 0.0579. The number of carbonyl (C=O) groups excluding carboxylic acids is 1. The molecule has 1 aromatic carbocycles. The third-order valence-corrected chi connectivity index (χ3v) is 4.32. The number of nitrogens with zero attached hydrogens (tertiary/aromatic N) is 1. The van der Waals surface area contributed by atoms with Crippen LogP contribution in [0, 0.1) is 6.92 Å². The lowest BCUT2D eigenvalue weighted by molar-refractivity contribution is -0.125. The zero-order chi connectivity index (χ0) is 11.8. The van der Waals surface area contributed by atoms with Gasteiger partial charge < -0.3 is 0 Å². The molecule has 0 aromatic heterocycles. The maximum Gasteiger partial charge on any atom is 0.238 e. The van der Waals surface area contributed by atoms with E-state index in [1.807, 2.05) is 31.2 Å². The second-order valence-corrected chi connectivity index (χ2v) is 5.97. The number of amides is 1. The molecule has 0 aliphatic carbocycles. The van der Waals surface area contributed by atoms with Crippen LogP contribution in [-0.4, -0.2) is 24.4 Å². The highest BCUT2D eigenvalue weighted by atomic mass is 32.2. The van der Waals surface area contributed by atoms with Crippen molar-refractivity contribution in [2.75, 3.05) is 5.75 Å². The molecule has 0 atom stereocenters. The van der Waals surface area contributed by atoms with Crippen molar-refractivity contribution >= 4 is 15.9 Å². The van der Waals surface area contributed by atoms with Gasteiger partial charge >= 0.3 is 0 Å². The highest BCUT2D eigenvalue weighted by Crippen LogP contribution is 2.19. The summed E-state index contributed by atoms with van der Waals surface area (Å²) in [4.78, 5) is 11.4. The molecule has 1 heterocycles. The molecular formula is C11H13NO3S. The van der Waals surface area contributed by atoms with Gasteiger partial charge in [-0.05, 0) is 12.5 Å². The first-order valence-electron chi connectivity index (χ1n) is 5.08. The van der Waals surface area contributed by atoms with Crippen LogP contribution in [0.2, 0.25) is 0 Å². The van der Waals surface area contributed by atoms with E-state index < -0.39 is 10.0 Å². The average Bonchev–Trinajstić information content (AvgIpc) is 2.45. The van der Waals surface area contributed by atoms with Crippen molar-refractivity contribution in [1.82, 2.24) is 4.31 Å². The highest BCUT2D eigenvalue weighted by Gasteiger charge is 2.34. The third kappa shape index (κ3) is 2.09. The number of hydrogen-bond acceptors (Lipinski definition) is 3. The Kier molecular flexibility index (Phi) is 2.71. The molecule has 0 unspecified atom stereocenters. The summed E-state index contributed by atoms with van der Waals surface area (Å²) < 4.78 is 24.1. The van der Waals surface area contributed by atoms with Gasteiger partial charge in [0.2, 0.25) is 15.9 Å². The third-order valence-electron chi connectivity index (χ3n) is 2.60. The van der Waals surface area contributed by atoms with Gasteiger partial charge in [0.15, 0.2) is 0 Å². The van der Waals surface area contributed by atoms with Gasteiger partial charge in [-0.15, -0.1) is 0 Å². The molecule has 2 rings (SSSR count). The minimum Gasteiger partial charge on any atom is -0.274 e. The number of rotatable bonds is 2. The summed E-state index contributed by atoms with van der Waals surface area (Å²) in [5, 5.41) is 0. The number of benzene rings is 1. The van der Waals surface area contributed by atoms with Gasteiger partial charge in [-0.25, -0.2) is 12.7 Å². The lowest BCUT2D eigenvalue weighted by Crippen LogP contribution is -2.29. The molecular weight excluding hydrogens is 226 g/mol. The van der Waals surface area contributed by atoms with Crippen LogP contribution in [0.15, 0.2) is 24.3 Å². The van der Waals surface area contributed by atoms with E-state index in [1.54, 1.807) is 0 Å². The first-order valence-corrected chi connectivity index (χ1v) is 6.69. The first kappa shape index (κ1) is 11.1. The van der Waals surface area contributed by atoms with Crippen LogP contribution in [0.25, 0.3) is 0 Å². The second kappa shape index (κ2) is 3.90. The van der Waals surface area contributed by atoms with Crippen LogP contribution in [0.4, 0.5) is 0 Å². The number of aryl methyl sites for hydroxylation is 1. The highest BCUT2D eigenvalue weighted by molar-refractivity contribution is 7.90. The van der Waals surface area contributed by atoms with Crippen LogP contribution >= 0.6 is 0 Å². The molecule has 0 radical (unpaired) electrons. The normalized spacial score (nSPS) is 19.1. The topological polar surface area (TPSA) is 54.5 Å². The summed E-state index contributed by atoms with van der Waals surface area (Å²) in [6, 6.07) is 7.51. The second-order valence-electron chi connectivity index (χ2n) is 3.96. The van der Waals surface area contributed by atoms with E-state index in [1.165, 1.54) is 0 Å². The van der Waals surface area contributed by atoms with Crippen molar-refractivity contribution in [2.45, 2.75) is 19.9 Å². The summed E-state index contributed by atoms with van der Waals surface area (Å²) >= 11 is 0. The summed E-state index contributed by atoms with van der Waals surface area (Å²) in [6.45, 7) is 2.09. The van der Waals surface area contributed by atoms with E-state index in [4.69, 9.17) is 0 Å². The van der Waals surface area contributed by atoms with Crippen molar-refractivity contribution in [3.05, 3.63) is 35.4 Å². The number of sulfonamides is 1. The smallest absolute Gasteiger partial charge is 0.238 e. The lowest BCUT2D eigenvalue weighted by Gasteiger charge is -2.14. The molecule has 0 bridgehead atoms. The standard InChI is InChI=1S/C11H13NO3S/c1-9-3-2-4-10(7-9)8-12-11(13)5-6-16(12,14)15/h2-4,7H,5-6,8H2,1H3. The Morgan fingerprint density at radius 1 is 1.38 bits per heavy atom. The molecule has 16 heavy (non-hydrogen) atoms. The summed E-state index contributed by atoms with van der Waals surface area (Å²) in [6.07, 6.45) is 0.105. The predicted molar refractivity (Wildman–Crippen MR) is 60.1 cm³/mol. The average molecular weight is 239 g/mol. The SMILES string of the molecule is Cc1cccc(CN2C(=O)CCS2(=O)=O)c1. The molecule has 0 saturated carbocycles. The van der Waals surface area contributed by atoms with Gasteiger partial charge in [0.1, 0.15) is 0 Å². The molecule has 4 nitrogen and oxygen atoms in total. The lowest BCUT2D eigenvalue weighted by atomic mass is 10.1. The molecule has 1 aliphatic heterocycles. The maximum atomic E-state index is 11.6. The van der Waals surface area contributed by atoms with Crippen molar-refractivity contribution in [2.24, 2.45) is 0 Å². The molecule has 86 valence electrons. The quantitative estimate of drug-likeness (QED) is 0.775. The maximum absolute atomic E-state index is 11.6. The van der Waals surface area contributed by atoms with Crippen molar-refractivity contribution in [1.29, 1.82) is 0 Å². The van der Waals surface area contributed by atoms with Crippen LogP contribution < -0.4 is 0 Å². The fourth-order valence-corrected chi connectivity index (χ4v) is 3.17. The number of carbonyl (C=O) groups is 1. The Bertz CT molecular complexity index is 522. The Labute approximate surface area is 94.9 Å². The Morgan fingerprint density at radius 3 is 2.69 bits per heavy atom. The van der Waals surface area contributed by atoms with Gasteiger partial charge in [-0.2, -0.15) is 0 Å². The zero-order valence-corrected chi connectivity index (χ0v) is 9.83. The predicted octanol–water partition coefficient (Wildman–Crippen LogP) is 1.06. The molecule has 1 amide bonds. The van der Waals surface area contributed by atoms with Crippen LogP contribution in [0.5, 0.6) is 0 Å². The number of hydrogen-bond donors (Lipinski definition) is 0. The van der Waals surface area contributed by atoms with Gasteiger partial charge in [0.05, 0.1) is 12.3 Å². The van der Waals surface area contributed by atoms with E-state index in [2.05, 4.69) is 0 Å². The van der Waals surface area contributed by atoms with E-state index in [-0.39, 0.29) is 24.6 Å². The molecule has 1 aliphatic rings. The fraction of sp³-hybridized carbons (Fsp3) is 0.364. The van der Waals surface area contributed by atoms with Gasteiger partial charge in [0, 0.05) is 6.42 Å². The van der Waals surface area contributed by atoms with Crippen molar-refractivity contribution in [3.63, 3.8) is 0 Å². The van der Waals surface area contributed by atoms with Crippen LogP contribution in [-0.2, 0) is 21.4 Å². The molecule has 5 heteroatoms. The summed E-state index contributed by atoms with van der Waals surface area (Å²) in [5.74, 6) is -0.362. The van der Waals surface area contributed by atoms with E-state index in [0.29, 0.717) is 0 Å². The molecule has 0 spiro atoms. The zero-order valence-electron chi connectivity index (χ0n) is 9.01. The van der Waals surface area contributed by atoms with Gasteiger partial charge in [-0.1, -0.05) is 29.8 Å². The molecule has 0 N–H and O–H groups in total. The molecule has 1 fully saturated rings. The Hall–Kier alpha value is -1.36. The molecule has 1 aromatic rings. The Balaban J connectivity index is 2.25. The van der Waals surface area contributed by atoms with Crippen molar-refractivity contribution < 1.29 is 13.2 Å². The first-order chi connectivity index (χ1) is 7.49. The van der Waals surface area contributed by atoms with E-state index in [0.717, 1.165) is 15.4 Å². The van der Waals surface area contributed by atoms with Crippen LogP contribution in [0.3, 0.4) is 0 Å². The fourth-order valence-electron chi connectivity index (χ4n) is 1.77. The van der Waals surface area contributed by atoms with Crippen LogP contribution in [0.1, 0.15) is 17.5 Å². The van der Waals surface area contributed by atoms with E-state index in [9.17, 15) is 13.2 Å². The van der Waals surface area contributed by atoms with Gasteiger partial charge in [-0.3, -0.25) is 4.79 Å². The summed E-state index contributed by atoms with van der Waals surface area (Å²) in [5.41, 5.74) is 1.90. The van der Waals surface area contributed by atoms with Crippen molar-refractivity contribution in [3.8, 4) is 0 Å². The Morgan fingerprint density at radius 2 is 2.12 bits per heavy atom. The summed E-state index contributed by atoms with van der Waals surface area (Å²) in [7, 11) is -3.36. The minimum atomic E-state index is -3.36. The monoisotopic (exact) mass is 239 g/mol. The molecule has 1 saturated heterocycles.